The predicted molar refractivity (Wildman–Crippen MR) is 141 cm³/mol. The van der Waals surface area contributed by atoms with E-state index in [9.17, 15) is 9.59 Å². The van der Waals surface area contributed by atoms with Crippen LogP contribution in [0.4, 0.5) is 5.69 Å². The number of nitrogens with one attached hydrogen (secondary N) is 1. The lowest BCUT2D eigenvalue weighted by molar-refractivity contribution is -0.119. The molecule has 4 rings (SSSR count). The van der Waals surface area contributed by atoms with Gasteiger partial charge in [-0.25, -0.2) is 4.98 Å². The number of aromatic nitrogens is 2. The highest BCUT2D eigenvalue weighted by Gasteiger charge is 2.21. The van der Waals surface area contributed by atoms with Crippen LogP contribution in [0.3, 0.4) is 0 Å². The Morgan fingerprint density at radius 1 is 0.943 bits per heavy atom. The Kier molecular flexibility index (Phi) is 7.73. The fourth-order valence-corrected chi connectivity index (χ4v) is 4.12. The molecule has 0 unspecified atom stereocenters. The number of anilines is 1. The first-order chi connectivity index (χ1) is 17.0. The van der Waals surface area contributed by atoms with Crippen molar-refractivity contribution in [2.75, 3.05) is 11.4 Å². The number of carbonyl (C=O) groups excluding carboxylic acids is 2. The van der Waals surface area contributed by atoms with Gasteiger partial charge in [0.25, 0.3) is 0 Å². The molecule has 4 aromatic rings. The van der Waals surface area contributed by atoms with Crippen LogP contribution in [-0.2, 0) is 22.6 Å². The van der Waals surface area contributed by atoms with Crippen LogP contribution in [0.5, 0.6) is 0 Å². The fourth-order valence-electron chi connectivity index (χ4n) is 4.12. The fraction of sp³-hybridized carbons (Fsp3) is 0.207. The van der Waals surface area contributed by atoms with E-state index in [1.807, 2.05) is 108 Å². The van der Waals surface area contributed by atoms with Crippen molar-refractivity contribution in [2.24, 2.45) is 0 Å². The highest BCUT2D eigenvalue weighted by atomic mass is 16.2. The molecule has 178 valence electrons. The normalized spacial score (nSPS) is 11.3. The maximum absolute atomic E-state index is 13.4. The molecule has 35 heavy (non-hydrogen) atoms. The molecule has 0 aliphatic heterocycles. The van der Waals surface area contributed by atoms with Gasteiger partial charge >= 0.3 is 0 Å². The smallest absolute Gasteiger partial charge is 0.247 e. The van der Waals surface area contributed by atoms with Crippen LogP contribution in [0.2, 0.25) is 0 Å². The molecular formula is C29H30N4O2. The van der Waals surface area contributed by atoms with E-state index in [0.717, 1.165) is 28.1 Å². The van der Waals surface area contributed by atoms with Crippen LogP contribution < -0.4 is 10.2 Å². The predicted octanol–water partition coefficient (Wildman–Crippen LogP) is 4.85. The van der Waals surface area contributed by atoms with E-state index in [1.54, 1.807) is 6.08 Å². The molecule has 0 radical (unpaired) electrons. The van der Waals surface area contributed by atoms with Crippen LogP contribution in [0.25, 0.3) is 17.1 Å². The summed E-state index contributed by atoms with van der Waals surface area (Å²) in [4.78, 5) is 32.3. The van der Waals surface area contributed by atoms with Crippen molar-refractivity contribution in [3.63, 3.8) is 0 Å². The zero-order chi connectivity index (χ0) is 24.6. The number of amides is 2. The highest BCUT2D eigenvalue weighted by Crippen LogP contribution is 2.20. The molecule has 1 N–H and O–H groups in total. The summed E-state index contributed by atoms with van der Waals surface area (Å²) in [7, 11) is 0. The number of para-hydroxylation sites is 3. The molecule has 1 aromatic heterocycles. The van der Waals surface area contributed by atoms with Gasteiger partial charge in [-0.1, -0.05) is 60.7 Å². The third kappa shape index (κ3) is 6.03. The van der Waals surface area contributed by atoms with Crippen molar-refractivity contribution < 1.29 is 9.59 Å². The number of rotatable bonds is 9. The minimum absolute atomic E-state index is 0.00886. The highest BCUT2D eigenvalue weighted by molar-refractivity contribution is 5.94. The monoisotopic (exact) mass is 466 g/mol. The molecule has 1 heterocycles. The Balaban J connectivity index is 1.48. The SMILES string of the molecule is CC(C)N(C(=O)Cn1c(CCNC(=O)/C=C/c2ccccc2)nc2ccccc21)c1ccccc1. The van der Waals surface area contributed by atoms with Crippen molar-refractivity contribution in [1.82, 2.24) is 14.9 Å². The molecule has 6 nitrogen and oxygen atoms in total. The third-order valence-corrected chi connectivity index (χ3v) is 5.72. The summed E-state index contributed by atoms with van der Waals surface area (Å²) in [5.74, 6) is 0.594. The van der Waals surface area contributed by atoms with Gasteiger partial charge in [-0.3, -0.25) is 9.59 Å². The van der Waals surface area contributed by atoms with E-state index in [-0.39, 0.29) is 24.4 Å². The largest absolute Gasteiger partial charge is 0.352 e. The molecule has 0 saturated heterocycles. The van der Waals surface area contributed by atoms with Crippen molar-refractivity contribution in [2.45, 2.75) is 32.9 Å². The molecule has 2 amide bonds. The number of imidazole rings is 1. The number of fused-ring (bicyclic) bond motifs is 1. The van der Waals surface area contributed by atoms with Crippen LogP contribution >= 0.6 is 0 Å². The van der Waals surface area contributed by atoms with Gasteiger partial charge in [0.1, 0.15) is 12.4 Å². The first-order valence-corrected chi connectivity index (χ1v) is 11.8. The molecule has 0 bridgehead atoms. The maximum Gasteiger partial charge on any atom is 0.247 e. The lowest BCUT2D eigenvalue weighted by Gasteiger charge is -2.27. The zero-order valence-electron chi connectivity index (χ0n) is 20.1. The van der Waals surface area contributed by atoms with E-state index < -0.39 is 0 Å². The van der Waals surface area contributed by atoms with Crippen LogP contribution in [0.15, 0.2) is 91.0 Å². The van der Waals surface area contributed by atoms with Crippen LogP contribution in [0, 0.1) is 0 Å². The van der Waals surface area contributed by atoms with Gasteiger partial charge in [0.2, 0.25) is 11.8 Å². The van der Waals surface area contributed by atoms with Gasteiger partial charge in [-0.15, -0.1) is 0 Å². The summed E-state index contributed by atoms with van der Waals surface area (Å²) < 4.78 is 1.96. The summed E-state index contributed by atoms with van der Waals surface area (Å²) in [6.45, 7) is 4.61. The number of carbonyl (C=O) groups is 2. The summed E-state index contributed by atoms with van der Waals surface area (Å²) in [6.07, 6.45) is 3.83. The topological polar surface area (TPSA) is 67.2 Å². The van der Waals surface area contributed by atoms with Gasteiger partial charge in [-0.05, 0) is 49.8 Å². The molecule has 0 fully saturated rings. The second-order valence-corrected chi connectivity index (χ2v) is 8.58. The van der Waals surface area contributed by atoms with E-state index in [1.165, 1.54) is 6.08 Å². The van der Waals surface area contributed by atoms with Gasteiger partial charge in [-0.2, -0.15) is 0 Å². The van der Waals surface area contributed by atoms with Gasteiger partial charge < -0.3 is 14.8 Å². The Morgan fingerprint density at radius 3 is 2.31 bits per heavy atom. The molecular weight excluding hydrogens is 436 g/mol. The van der Waals surface area contributed by atoms with Gasteiger partial charge in [0, 0.05) is 30.8 Å². The van der Waals surface area contributed by atoms with E-state index >= 15 is 0 Å². The van der Waals surface area contributed by atoms with E-state index in [0.29, 0.717) is 13.0 Å². The summed E-state index contributed by atoms with van der Waals surface area (Å²) >= 11 is 0. The van der Waals surface area contributed by atoms with Gasteiger partial charge in [0.15, 0.2) is 0 Å². The van der Waals surface area contributed by atoms with Crippen molar-refractivity contribution in [1.29, 1.82) is 0 Å². The van der Waals surface area contributed by atoms with Crippen molar-refractivity contribution in [3.8, 4) is 0 Å². The molecule has 0 spiro atoms. The van der Waals surface area contributed by atoms with Crippen molar-refractivity contribution in [3.05, 3.63) is 102 Å². The molecule has 0 aliphatic rings. The number of hydrogen-bond donors (Lipinski definition) is 1. The molecule has 0 saturated carbocycles. The summed E-state index contributed by atoms with van der Waals surface area (Å²) in [6, 6.07) is 27.2. The van der Waals surface area contributed by atoms with E-state index in [4.69, 9.17) is 4.98 Å². The Hall–Kier alpha value is -4.19. The molecule has 0 atom stereocenters. The number of hydrogen-bond acceptors (Lipinski definition) is 3. The van der Waals surface area contributed by atoms with Crippen LogP contribution in [0.1, 0.15) is 25.2 Å². The Morgan fingerprint density at radius 2 is 1.60 bits per heavy atom. The Bertz CT molecular complexity index is 1310. The average molecular weight is 467 g/mol. The number of benzene rings is 3. The minimum Gasteiger partial charge on any atom is -0.352 e. The maximum atomic E-state index is 13.4. The summed E-state index contributed by atoms with van der Waals surface area (Å²) in [5, 5.41) is 2.92. The lowest BCUT2D eigenvalue weighted by Crippen LogP contribution is -2.39. The first-order valence-electron chi connectivity index (χ1n) is 11.8. The van der Waals surface area contributed by atoms with Gasteiger partial charge in [0.05, 0.1) is 11.0 Å². The first kappa shape index (κ1) is 24.0. The van der Waals surface area contributed by atoms with Crippen LogP contribution in [-0.4, -0.2) is 34.0 Å². The second kappa shape index (κ2) is 11.3. The second-order valence-electron chi connectivity index (χ2n) is 8.58. The molecule has 6 heteroatoms. The zero-order valence-corrected chi connectivity index (χ0v) is 20.1. The molecule has 3 aromatic carbocycles. The average Bonchev–Trinajstić information content (AvgIpc) is 3.21. The van der Waals surface area contributed by atoms with E-state index in [2.05, 4.69) is 5.32 Å². The lowest BCUT2D eigenvalue weighted by atomic mass is 10.2. The molecule has 0 aliphatic carbocycles. The quantitative estimate of drug-likeness (QED) is 0.359. The minimum atomic E-state index is -0.164. The van der Waals surface area contributed by atoms with Crippen molar-refractivity contribution >= 4 is 34.6 Å². The Labute approximate surface area is 205 Å². The third-order valence-electron chi connectivity index (χ3n) is 5.72. The summed E-state index contributed by atoms with van der Waals surface area (Å²) in [5.41, 5.74) is 3.58. The standard InChI is InChI=1S/C29H30N4O2/c1-22(2)33(24-13-7-4-8-14-24)29(35)21-32-26-16-10-9-15-25(26)31-27(32)19-20-30-28(34)18-17-23-11-5-3-6-12-23/h3-18,22H,19-21H2,1-2H3,(H,30,34)/b18-17+. The number of nitrogens with zero attached hydrogens (tertiary/aromatic N) is 3.